The molecule has 8 heteroatoms. The molecule has 160 valence electrons. The molecular weight excluding hydrogens is 390 g/mol. The van der Waals surface area contributed by atoms with E-state index in [4.69, 9.17) is 0 Å². The van der Waals surface area contributed by atoms with Gasteiger partial charge in [-0.1, -0.05) is 19.8 Å². The first-order chi connectivity index (χ1) is 13.8. The third-order valence-electron chi connectivity index (χ3n) is 6.04. The first-order valence-corrected chi connectivity index (χ1v) is 11.9. The molecule has 2 aliphatic rings. The Morgan fingerprint density at radius 3 is 2.17 bits per heavy atom. The largest absolute Gasteiger partial charge is 0.354 e. The van der Waals surface area contributed by atoms with Gasteiger partial charge in [-0.2, -0.15) is 4.31 Å². The molecule has 0 aromatic heterocycles. The van der Waals surface area contributed by atoms with E-state index in [2.05, 4.69) is 17.6 Å². The van der Waals surface area contributed by atoms with Gasteiger partial charge in [0.15, 0.2) is 0 Å². The fourth-order valence-electron chi connectivity index (χ4n) is 4.24. The average molecular weight is 422 g/mol. The first-order valence-electron chi connectivity index (χ1n) is 10.5. The smallest absolute Gasteiger partial charge is 0.251 e. The summed E-state index contributed by atoms with van der Waals surface area (Å²) in [4.78, 5) is 23.9. The molecule has 1 saturated carbocycles. The van der Waals surface area contributed by atoms with Crippen molar-refractivity contribution >= 4 is 21.8 Å². The van der Waals surface area contributed by atoms with E-state index < -0.39 is 10.0 Å². The molecule has 2 atom stereocenters. The second kappa shape index (κ2) is 9.26. The predicted molar refractivity (Wildman–Crippen MR) is 111 cm³/mol. The standard InChI is InChI=1S/C21H31N3O4S/c1-15-5-3-4-6-20(15)23-21(26)17-7-9-19(10-8-17)29(27,28)24-13-11-18(12-14-24)22-16(2)25/h7-10,15,18,20H,3-6,11-14H2,1-2H3,(H,22,25)(H,23,26)/t15-,20+/m0/s1. The minimum absolute atomic E-state index is 0.0206. The van der Waals surface area contributed by atoms with Gasteiger partial charge in [0.1, 0.15) is 0 Å². The zero-order valence-corrected chi connectivity index (χ0v) is 18.0. The Morgan fingerprint density at radius 2 is 1.59 bits per heavy atom. The molecule has 29 heavy (non-hydrogen) atoms. The molecule has 1 aromatic rings. The number of nitrogens with zero attached hydrogens (tertiary/aromatic N) is 1. The van der Waals surface area contributed by atoms with Crippen LogP contribution >= 0.6 is 0 Å². The Labute approximate surface area is 173 Å². The Balaban J connectivity index is 1.61. The highest BCUT2D eigenvalue weighted by Gasteiger charge is 2.30. The lowest BCUT2D eigenvalue weighted by Gasteiger charge is -2.31. The van der Waals surface area contributed by atoms with E-state index in [0.717, 1.165) is 19.3 Å². The van der Waals surface area contributed by atoms with E-state index in [1.807, 2.05) is 0 Å². The number of carbonyl (C=O) groups excluding carboxylic acids is 2. The second-order valence-corrected chi connectivity index (χ2v) is 10.2. The molecule has 2 fully saturated rings. The number of hydrogen-bond acceptors (Lipinski definition) is 4. The molecule has 0 spiro atoms. The van der Waals surface area contributed by atoms with E-state index in [1.54, 1.807) is 12.1 Å². The highest BCUT2D eigenvalue weighted by Crippen LogP contribution is 2.25. The summed E-state index contributed by atoms with van der Waals surface area (Å²) in [5.41, 5.74) is 0.478. The van der Waals surface area contributed by atoms with Crippen LogP contribution in [0.4, 0.5) is 0 Å². The highest BCUT2D eigenvalue weighted by atomic mass is 32.2. The van der Waals surface area contributed by atoms with Crippen LogP contribution in [0.25, 0.3) is 0 Å². The minimum Gasteiger partial charge on any atom is -0.354 e. The van der Waals surface area contributed by atoms with Crippen LogP contribution in [0.1, 0.15) is 62.7 Å². The van der Waals surface area contributed by atoms with E-state index in [-0.39, 0.29) is 28.8 Å². The summed E-state index contributed by atoms with van der Waals surface area (Å²) in [6.45, 7) is 4.37. The second-order valence-electron chi connectivity index (χ2n) is 8.24. The number of rotatable bonds is 5. The molecule has 0 bridgehead atoms. The van der Waals surface area contributed by atoms with Crippen LogP contribution < -0.4 is 10.6 Å². The maximum absolute atomic E-state index is 12.9. The van der Waals surface area contributed by atoms with E-state index in [9.17, 15) is 18.0 Å². The molecule has 1 aliphatic heterocycles. The molecule has 1 aliphatic carbocycles. The van der Waals surface area contributed by atoms with Crippen LogP contribution in [-0.4, -0.2) is 49.7 Å². The summed E-state index contributed by atoms with van der Waals surface area (Å²) in [6.07, 6.45) is 5.65. The third-order valence-corrected chi connectivity index (χ3v) is 7.96. The van der Waals surface area contributed by atoms with Gasteiger partial charge in [-0.15, -0.1) is 0 Å². The molecule has 2 N–H and O–H groups in total. The SMILES string of the molecule is CC(=O)NC1CCN(S(=O)(=O)c2ccc(C(=O)N[C@@H]3CCCC[C@@H]3C)cc2)CC1. The number of piperidine rings is 1. The summed E-state index contributed by atoms with van der Waals surface area (Å²) >= 11 is 0. The van der Waals surface area contributed by atoms with Crippen molar-refractivity contribution in [1.82, 2.24) is 14.9 Å². The van der Waals surface area contributed by atoms with Gasteiger partial charge in [0.2, 0.25) is 15.9 Å². The number of sulfonamides is 1. The molecule has 1 aromatic carbocycles. The van der Waals surface area contributed by atoms with Crippen molar-refractivity contribution in [3.05, 3.63) is 29.8 Å². The molecular formula is C21H31N3O4S. The molecule has 0 unspecified atom stereocenters. The maximum Gasteiger partial charge on any atom is 0.251 e. The van der Waals surface area contributed by atoms with Crippen LogP contribution in [-0.2, 0) is 14.8 Å². The minimum atomic E-state index is -3.60. The van der Waals surface area contributed by atoms with Crippen molar-refractivity contribution in [1.29, 1.82) is 0 Å². The van der Waals surface area contributed by atoms with Crippen molar-refractivity contribution in [3.8, 4) is 0 Å². The molecule has 3 rings (SSSR count). The third kappa shape index (κ3) is 5.36. The van der Waals surface area contributed by atoms with Crippen LogP contribution in [0, 0.1) is 5.92 Å². The van der Waals surface area contributed by atoms with Crippen LogP contribution in [0.5, 0.6) is 0 Å². The summed E-state index contributed by atoms with van der Waals surface area (Å²) < 4.78 is 27.2. The van der Waals surface area contributed by atoms with Crippen LogP contribution in [0.2, 0.25) is 0 Å². The lowest BCUT2D eigenvalue weighted by molar-refractivity contribution is -0.119. The number of benzene rings is 1. The average Bonchev–Trinajstić information content (AvgIpc) is 2.70. The monoisotopic (exact) mass is 421 g/mol. The normalized spacial score (nSPS) is 24.1. The van der Waals surface area contributed by atoms with Crippen molar-refractivity contribution in [2.24, 2.45) is 5.92 Å². The van der Waals surface area contributed by atoms with Gasteiger partial charge in [-0.3, -0.25) is 9.59 Å². The summed E-state index contributed by atoms with van der Waals surface area (Å²) in [6, 6.07) is 6.39. The first kappa shape index (κ1) is 21.8. The zero-order chi connectivity index (χ0) is 21.0. The lowest BCUT2D eigenvalue weighted by Crippen LogP contribution is -2.46. The Bertz CT molecular complexity index is 830. The van der Waals surface area contributed by atoms with Gasteiger partial charge < -0.3 is 10.6 Å². The van der Waals surface area contributed by atoms with Crippen molar-refractivity contribution in [2.75, 3.05) is 13.1 Å². The molecule has 0 radical (unpaired) electrons. The fraction of sp³-hybridized carbons (Fsp3) is 0.619. The van der Waals surface area contributed by atoms with Gasteiger partial charge in [0.25, 0.3) is 5.91 Å². The van der Waals surface area contributed by atoms with Crippen LogP contribution in [0.15, 0.2) is 29.2 Å². The summed E-state index contributed by atoms with van der Waals surface area (Å²) in [7, 11) is -3.60. The molecule has 2 amide bonds. The van der Waals surface area contributed by atoms with Gasteiger partial charge in [-0.05, 0) is 55.9 Å². The van der Waals surface area contributed by atoms with E-state index in [0.29, 0.717) is 37.4 Å². The quantitative estimate of drug-likeness (QED) is 0.762. The highest BCUT2D eigenvalue weighted by molar-refractivity contribution is 7.89. The fourth-order valence-corrected chi connectivity index (χ4v) is 5.71. The van der Waals surface area contributed by atoms with Gasteiger partial charge in [0, 0.05) is 37.7 Å². The van der Waals surface area contributed by atoms with E-state index in [1.165, 1.54) is 29.8 Å². The Kier molecular flexibility index (Phi) is 6.95. The predicted octanol–water partition coefficient (Wildman–Crippen LogP) is 2.28. The number of hydrogen-bond donors (Lipinski definition) is 2. The van der Waals surface area contributed by atoms with Gasteiger partial charge >= 0.3 is 0 Å². The number of carbonyl (C=O) groups is 2. The number of amides is 2. The Morgan fingerprint density at radius 1 is 0.966 bits per heavy atom. The summed E-state index contributed by atoms with van der Waals surface area (Å²) in [5.74, 6) is 0.222. The maximum atomic E-state index is 12.9. The summed E-state index contributed by atoms with van der Waals surface area (Å²) in [5, 5.41) is 5.94. The molecule has 1 heterocycles. The van der Waals surface area contributed by atoms with Crippen molar-refractivity contribution < 1.29 is 18.0 Å². The lowest BCUT2D eigenvalue weighted by atomic mass is 9.86. The van der Waals surface area contributed by atoms with Crippen molar-refractivity contribution in [3.63, 3.8) is 0 Å². The molecule has 7 nitrogen and oxygen atoms in total. The number of nitrogens with one attached hydrogen (secondary N) is 2. The topological polar surface area (TPSA) is 95.6 Å². The van der Waals surface area contributed by atoms with Gasteiger partial charge in [0.05, 0.1) is 4.90 Å². The van der Waals surface area contributed by atoms with E-state index >= 15 is 0 Å². The molecule has 1 saturated heterocycles. The zero-order valence-electron chi connectivity index (χ0n) is 17.2. The van der Waals surface area contributed by atoms with Crippen molar-refractivity contribution in [2.45, 2.75) is 69.4 Å². The Hall–Kier alpha value is -1.93. The van der Waals surface area contributed by atoms with Crippen LogP contribution in [0.3, 0.4) is 0 Å². The van der Waals surface area contributed by atoms with Gasteiger partial charge in [-0.25, -0.2) is 8.42 Å².